The van der Waals surface area contributed by atoms with Gasteiger partial charge in [0.15, 0.2) is 5.58 Å². The summed E-state index contributed by atoms with van der Waals surface area (Å²) in [5, 5.41) is 0.313. The van der Waals surface area contributed by atoms with Gasteiger partial charge in [-0.25, -0.2) is 13.4 Å². The maximum atomic E-state index is 12.9. The van der Waals surface area contributed by atoms with Gasteiger partial charge in [0.05, 0.1) is 23.4 Å². The molecule has 10 heteroatoms. The second-order valence-electron chi connectivity index (χ2n) is 7.69. The van der Waals surface area contributed by atoms with Crippen molar-refractivity contribution in [3.05, 3.63) is 42.5 Å². The molecule has 0 saturated carbocycles. The number of anilines is 1. The van der Waals surface area contributed by atoms with Crippen molar-refractivity contribution in [1.82, 2.24) is 9.88 Å². The highest BCUT2D eigenvalue weighted by molar-refractivity contribution is 7.99. The van der Waals surface area contributed by atoms with Crippen LogP contribution in [0.4, 0.5) is 5.69 Å². The molecule has 3 rings (SSSR count). The number of nitrogens with zero attached hydrogens (tertiary/aromatic N) is 2. The Bertz CT molecular complexity index is 1200. The van der Waals surface area contributed by atoms with Crippen LogP contribution in [-0.2, 0) is 14.8 Å². The quantitative estimate of drug-likeness (QED) is 0.457. The summed E-state index contributed by atoms with van der Waals surface area (Å²) in [5.74, 6) is 0.592. The smallest absolute Gasteiger partial charge is 0.262 e. The lowest BCUT2D eigenvalue weighted by atomic mass is 10.2. The van der Waals surface area contributed by atoms with Crippen LogP contribution in [0, 0.1) is 0 Å². The van der Waals surface area contributed by atoms with E-state index in [9.17, 15) is 13.2 Å². The number of hydrogen-bond donors (Lipinski definition) is 1. The van der Waals surface area contributed by atoms with Crippen molar-refractivity contribution in [2.24, 2.45) is 0 Å². The highest BCUT2D eigenvalue weighted by atomic mass is 32.2. The first-order chi connectivity index (χ1) is 15.1. The molecule has 0 saturated heterocycles. The lowest BCUT2D eigenvalue weighted by Gasteiger charge is -2.30. The fourth-order valence-electron chi connectivity index (χ4n) is 3.42. The van der Waals surface area contributed by atoms with Gasteiger partial charge < -0.3 is 14.1 Å². The normalized spacial score (nSPS) is 11.8. The molecule has 2 aromatic carbocycles. The van der Waals surface area contributed by atoms with E-state index in [1.54, 1.807) is 30.3 Å². The van der Waals surface area contributed by atoms with Gasteiger partial charge in [-0.15, -0.1) is 0 Å². The van der Waals surface area contributed by atoms with E-state index in [2.05, 4.69) is 9.71 Å². The van der Waals surface area contributed by atoms with Crippen LogP contribution in [0.15, 0.2) is 57.0 Å². The second kappa shape index (κ2) is 9.83. The molecule has 0 aliphatic rings. The summed E-state index contributed by atoms with van der Waals surface area (Å²) in [7, 11) is -2.39. The molecule has 0 spiro atoms. The van der Waals surface area contributed by atoms with Crippen molar-refractivity contribution in [3.63, 3.8) is 0 Å². The summed E-state index contributed by atoms with van der Waals surface area (Å²) in [6, 6.07) is 11.4. The number of methoxy groups -OCH3 is 1. The highest BCUT2D eigenvalue weighted by Crippen LogP contribution is 2.29. The molecular weight excluding hydrogens is 450 g/mol. The first-order valence-corrected chi connectivity index (χ1v) is 12.6. The van der Waals surface area contributed by atoms with Crippen molar-refractivity contribution in [3.8, 4) is 5.75 Å². The third-order valence-corrected chi connectivity index (χ3v) is 6.90. The number of nitrogens with one attached hydrogen (secondary N) is 1. The standard InChI is InChI=1S/C22H27N3O5S2/c1-14(2)25(15(3)4)21(26)13-31-22-23-18-12-16(10-11-20(18)30-22)32(27,28)24-17-8-6-7-9-19(17)29-5/h6-12,14-15,24H,13H2,1-5H3. The van der Waals surface area contributed by atoms with Gasteiger partial charge in [-0.2, -0.15) is 0 Å². The van der Waals surface area contributed by atoms with Crippen molar-refractivity contribution in [2.45, 2.75) is 49.9 Å². The summed E-state index contributed by atoms with van der Waals surface area (Å²) in [5.41, 5.74) is 1.18. The van der Waals surface area contributed by atoms with Gasteiger partial charge in [-0.3, -0.25) is 9.52 Å². The highest BCUT2D eigenvalue weighted by Gasteiger charge is 2.22. The zero-order valence-electron chi connectivity index (χ0n) is 18.7. The number of thioether (sulfide) groups is 1. The molecule has 1 aromatic heterocycles. The molecule has 32 heavy (non-hydrogen) atoms. The molecule has 0 bridgehead atoms. The number of carbonyl (C=O) groups excluding carboxylic acids is 1. The number of amides is 1. The Morgan fingerprint density at radius 3 is 2.50 bits per heavy atom. The van der Waals surface area contributed by atoms with Gasteiger partial charge >= 0.3 is 0 Å². The average Bonchev–Trinajstić information content (AvgIpc) is 3.14. The van der Waals surface area contributed by atoms with E-state index in [1.165, 1.54) is 31.0 Å². The van der Waals surface area contributed by atoms with Gasteiger partial charge in [0.1, 0.15) is 11.3 Å². The summed E-state index contributed by atoms with van der Waals surface area (Å²) in [6.07, 6.45) is 0. The average molecular weight is 478 g/mol. The van der Waals surface area contributed by atoms with Crippen molar-refractivity contribution in [2.75, 3.05) is 17.6 Å². The monoisotopic (exact) mass is 477 g/mol. The Morgan fingerprint density at radius 1 is 1.16 bits per heavy atom. The maximum Gasteiger partial charge on any atom is 0.262 e. The van der Waals surface area contributed by atoms with Crippen LogP contribution >= 0.6 is 11.8 Å². The summed E-state index contributed by atoms with van der Waals surface area (Å²) in [4.78, 5) is 18.8. The van der Waals surface area contributed by atoms with Gasteiger partial charge in [0.25, 0.3) is 15.2 Å². The summed E-state index contributed by atoms with van der Waals surface area (Å²) < 4.78 is 39.1. The number of fused-ring (bicyclic) bond motifs is 1. The largest absolute Gasteiger partial charge is 0.495 e. The van der Waals surface area contributed by atoms with E-state index < -0.39 is 10.0 Å². The first-order valence-electron chi connectivity index (χ1n) is 10.1. The fourth-order valence-corrected chi connectivity index (χ4v) is 5.22. The molecule has 0 fully saturated rings. The maximum absolute atomic E-state index is 12.9. The Kier molecular flexibility index (Phi) is 7.35. The third-order valence-electron chi connectivity index (χ3n) is 4.72. The number of oxazole rings is 1. The molecular formula is C22H27N3O5S2. The van der Waals surface area contributed by atoms with Crippen LogP contribution in [0.3, 0.4) is 0 Å². The SMILES string of the molecule is COc1ccccc1NS(=O)(=O)c1ccc2oc(SCC(=O)N(C(C)C)C(C)C)nc2c1. The topological polar surface area (TPSA) is 102 Å². The van der Waals surface area contributed by atoms with E-state index >= 15 is 0 Å². The van der Waals surface area contributed by atoms with Gasteiger partial charge in [0, 0.05) is 12.1 Å². The molecule has 8 nitrogen and oxygen atoms in total. The molecule has 0 unspecified atom stereocenters. The molecule has 0 atom stereocenters. The van der Waals surface area contributed by atoms with Gasteiger partial charge in [0.2, 0.25) is 5.91 Å². The molecule has 3 aromatic rings. The van der Waals surface area contributed by atoms with E-state index in [1.807, 2.05) is 32.6 Å². The number of rotatable bonds is 9. The summed E-state index contributed by atoms with van der Waals surface area (Å²) >= 11 is 1.19. The Balaban J connectivity index is 1.78. The van der Waals surface area contributed by atoms with Crippen molar-refractivity contribution >= 4 is 44.5 Å². The van der Waals surface area contributed by atoms with E-state index in [0.717, 1.165) is 0 Å². The van der Waals surface area contributed by atoms with Crippen LogP contribution in [0.2, 0.25) is 0 Å². The number of hydrogen-bond acceptors (Lipinski definition) is 7. The predicted molar refractivity (Wildman–Crippen MR) is 126 cm³/mol. The Hall–Kier alpha value is -2.72. The van der Waals surface area contributed by atoms with Crippen LogP contribution in [0.1, 0.15) is 27.7 Å². The zero-order chi connectivity index (χ0) is 23.5. The minimum atomic E-state index is -3.86. The Morgan fingerprint density at radius 2 is 1.84 bits per heavy atom. The van der Waals surface area contributed by atoms with Crippen molar-refractivity contribution in [1.29, 1.82) is 0 Å². The van der Waals surface area contributed by atoms with E-state index in [-0.39, 0.29) is 28.6 Å². The predicted octanol–water partition coefficient (Wildman–Crippen LogP) is 4.37. The van der Waals surface area contributed by atoms with Crippen LogP contribution in [0.25, 0.3) is 11.1 Å². The number of benzene rings is 2. The van der Waals surface area contributed by atoms with Crippen LogP contribution in [0.5, 0.6) is 5.75 Å². The van der Waals surface area contributed by atoms with Gasteiger partial charge in [-0.1, -0.05) is 23.9 Å². The molecule has 1 N–H and O–H groups in total. The minimum absolute atomic E-state index is 0.00784. The number of carbonyl (C=O) groups is 1. The zero-order valence-corrected chi connectivity index (χ0v) is 20.3. The lowest BCUT2D eigenvalue weighted by molar-refractivity contribution is -0.131. The lowest BCUT2D eigenvalue weighted by Crippen LogP contribution is -2.43. The van der Waals surface area contributed by atoms with Gasteiger partial charge in [-0.05, 0) is 58.0 Å². The number of aromatic nitrogens is 1. The number of sulfonamides is 1. The number of ether oxygens (including phenoxy) is 1. The number of para-hydroxylation sites is 2. The molecule has 172 valence electrons. The molecule has 1 amide bonds. The van der Waals surface area contributed by atoms with E-state index in [0.29, 0.717) is 27.8 Å². The third kappa shape index (κ3) is 5.36. The van der Waals surface area contributed by atoms with Crippen LogP contribution < -0.4 is 9.46 Å². The van der Waals surface area contributed by atoms with Crippen LogP contribution in [-0.4, -0.2) is 49.2 Å². The minimum Gasteiger partial charge on any atom is -0.495 e. The molecule has 0 aliphatic heterocycles. The fraction of sp³-hybridized carbons (Fsp3) is 0.364. The van der Waals surface area contributed by atoms with Crippen molar-refractivity contribution < 1.29 is 22.4 Å². The Labute approximate surface area is 192 Å². The molecule has 0 aliphatic carbocycles. The second-order valence-corrected chi connectivity index (χ2v) is 10.3. The molecule has 1 heterocycles. The van der Waals surface area contributed by atoms with E-state index in [4.69, 9.17) is 9.15 Å². The summed E-state index contributed by atoms with van der Waals surface area (Å²) in [6.45, 7) is 7.90. The molecule has 0 radical (unpaired) electrons. The first kappa shape index (κ1) is 23.9.